The highest BCUT2D eigenvalue weighted by Crippen LogP contribution is 2.37. The average Bonchev–Trinajstić information content (AvgIpc) is 0.819. The van der Waals surface area contributed by atoms with E-state index in [1.165, 1.54) is 0 Å². The zero-order chi connectivity index (χ0) is 104. The van der Waals surface area contributed by atoms with E-state index in [1.807, 2.05) is 0 Å². The molecular weight excluding hydrogens is 1850 g/mol. The Balaban J connectivity index is 11.1. The van der Waals surface area contributed by atoms with Gasteiger partial charge in [-0.25, -0.2) is 0 Å². The Labute approximate surface area is 798 Å². The highest BCUT2D eigenvalue weighted by Gasteiger charge is 2.48. The molecule has 36 N–H and O–H groups in total. The minimum atomic E-state index is -2.25. The third-order valence-electron chi connectivity index (χ3n) is 25.1. The zero-order valence-corrected chi connectivity index (χ0v) is 79.2. The van der Waals surface area contributed by atoms with Gasteiger partial charge in [0.15, 0.2) is 0 Å². The van der Waals surface area contributed by atoms with E-state index in [0.717, 1.165) is 0 Å². The third kappa shape index (κ3) is 42.6. The van der Waals surface area contributed by atoms with Crippen molar-refractivity contribution in [1.82, 2.24) is 0 Å². The van der Waals surface area contributed by atoms with Crippen molar-refractivity contribution >= 4 is 0 Å². The van der Waals surface area contributed by atoms with E-state index in [4.69, 9.17) is 75.8 Å². The minimum absolute atomic E-state index is 0.703. The van der Waals surface area contributed by atoms with Gasteiger partial charge in [0.1, 0.15) is 0 Å². The second-order valence-corrected chi connectivity index (χ2v) is 39.1. The van der Waals surface area contributed by atoms with Gasteiger partial charge in [-0.1, -0.05) is 0 Å². The molecule has 52 heteroatoms. The lowest BCUT2D eigenvalue weighted by Crippen LogP contribution is -2.51. The molecule has 0 aliphatic carbocycles. The van der Waals surface area contributed by atoms with E-state index in [2.05, 4.69) is 0 Å². The van der Waals surface area contributed by atoms with Crippen molar-refractivity contribution in [2.24, 2.45) is 92.1 Å². The van der Waals surface area contributed by atoms with Crippen LogP contribution in [0.25, 0.3) is 0 Å². The summed E-state index contributed by atoms with van der Waals surface area (Å²) in [6, 6.07) is 0. The molecule has 0 rings (SSSR count). The van der Waals surface area contributed by atoms with E-state index in [0.29, 0.717) is 0 Å². The number of ether oxygens (including phenoxy) is 16. The Morgan fingerprint density at radius 2 is 0.102 bits per heavy atom. The van der Waals surface area contributed by atoms with Crippen molar-refractivity contribution in [3.63, 3.8) is 0 Å². The van der Waals surface area contributed by atoms with Crippen LogP contribution in [0, 0.1) is 92.1 Å². The lowest BCUT2D eigenvalue weighted by molar-refractivity contribution is -0.190. The van der Waals surface area contributed by atoms with E-state index < -0.39 is 541 Å². The molecule has 137 heavy (non-hydrogen) atoms. The highest BCUT2D eigenvalue weighted by atomic mass is 16.6. The van der Waals surface area contributed by atoms with Crippen LogP contribution >= 0.6 is 0 Å². The molecule has 0 bridgehead atoms. The molecule has 0 aromatic carbocycles. The SMILES string of the molecule is OCC(CO)(CO)COCC(COCC(CO)(CO)CO)(COCC(CO)(CO)CO)COCC(COCC(COCC(CO)(CO)CO)(COCC(CO)(CO)CO)COCC(CO)(CO)CO)(COCC(COCC(CO)(CO)CO)(COCC(CO)(CO)CO)COCC(CO)(CO)CO)COCC(COCC(CO)(CO)CO)(COCC(CO)(CO)CO)COCC(CO)(CO)CO. The van der Waals surface area contributed by atoms with Crippen molar-refractivity contribution in [1.29, 1.82) is 0 Å². The van der Waals surface area contributed by atoms with E-state index in [1.54, 1.807) is 0 Å². The lowest BCUT2D eigenvalue weighted by atomic mass is 9.87. The first-order valence-electron chi connectivity index (χ1n) is 44.7. The molecule has 0 saturated carbocycles. The maximum atomic E-state index is 10.6. The van der Waals surface area contributed by atoms with Crippen LogP contribution in [0.1, 0.15) is 0 Å². The smallest absolute Gasteiger partial charge is 0.0637 e. The first kappa shape index (κ1) is 135. The fourth-order valence-electron chi connectivity index (χ4n) is 12.4. The van der Waals surface area contributed by atoms with Crippen LogP contribution in [0.4, 0.5) is 0 Å². The van der Waals surface area contributed by atoms with Crippen LogP contribution in [0.3, 0.4) is 0 Å². The molecule has 0 aliphatic rings. The molecule has 0 saturated heterocycles. The van der Waals surface area contributed by atoms with Crippen LogP contribution in [-0.4, -0.2) is 633 Å². The second-order valence-electron chi connectivity index (χ2n) is 39.1. The largest absolute Gasteiger partial charge is 0.396 e. The predicted molar refractivity (Wildman–Crippen MR) is 470 cm³/mol. The summed E-state index contributed by atoms with van der Waals surface area (Å²) in [5.74, 6) is 0. The van der Waals surface area contributed by atoms with Gasteiger partial charge >= 0.3 is 0 Å². The van der Waals surface area contributed by atoms with E-state index in [9.17, 15) is 184 Å². The molecule has 0 fully saturated rings. The van der Waals surface area contributed by atoms with E-state index >= 15 is 0 Å². The first-order valence-corrected chi connectivity index (χ1v) is 44.7. The monoisotopic (exact) mass is 2030 g/mol. The summed E-state index contributed by atoms with van der Waals surface area (Å²) in [5.41, 5.74) is -32.1. The summed E-state index contributed by atoms with van der Waals surface area (Å²) in [6.07, 6.45) is 0. The van der Waals surface area contributed by atoms with Crippen molar-refractivity contribution in [3.8, 4) is 0 Å². The van der Waals surface area contributed by atoms with Gasteiger partial charge in [-0.2, -0.15) is 0 Å². The first-order chi connectivity index (χ1) is 65.5. The van der Waals surface area contributed by atoms with Crippen LogP contribution in [0.15, 0.2) is 0 Å². The summed E-state index contributed by atoms with van der Waals surface area (Å²) in [7, 11) is 0. The summed E-state index contributed by atoms with van der Waals surface area (Å²) in [4.78, 5) is 0. The molecule has 52 nitrogen and oxygen atoms in total. The Bertz CT molecular complexity index is 2120. The Morgan fingerprint density at radius 1 is 0.0657 bits per heavy atom. The van der Waals surface area contributed by atoms with Crippen LogP contribution in [-0.2, 0) is 75.8 Å². The highest BCUT2D eigenvalue weighted by molar-refractivity contribution is 4.94. The number of hydrogen-bond donors (Lipinski definition) is 36. The van der Waals surface area contributed by atoms with Gasteiger partial charge in [0.25, 0.3) is 0 Å². The standard InChI is InChI=1S/C85H172O52/c86-1-69(2-87,3-88)37-122-49-81(50-123-38-70(4-89,5-90)6-91,51-124-39-71(7-92,8-93)9-94)61-134-65-85(66-135-62-82(52-125-40-72(10-95,11-96)12-97,53-126-41-73(13-98,14-99)15-100)54-127-42-74(16-101,17-102)18-103,67-136-63-83(55-128-43-75(19-104,20-105)21-106,56-129-44-76(22-107,23-108)24-109)57-130-45-77(25-110,26-111)27-112)68-137-64-84(58-131-46-78(28-113,29-114)30-115,59-132-47-79(31-116,32-117)33-118)60-133-48-80(34-119,35-120)36-121/h86-121H,1-68H2. The molecule has 0 atom stereocenters. The van der Waals surface area contributed by atoms with Crippen molar-refractivity contribution < 1.29 is 260 Å². The fraction of sp³-hybridized carbons (Fsp3) is 1.00. The number of hydrogen-bond acceptors (Lipinski definition) is 52. The van der Waals surface area contributed by atoms with Crippen molar-refractivity contribution in [2.75, 3.05) is 449 Å². The normalized spacial score (nSPS) is 14.1. The van der Waals surface area contributed by atoms with Gasteiger partial charge in [-0.3, -0.25) is 0 Å². The van der Waals surface area contributed by atoms with Gasteiger partial charge in [0.2, 0.25) is 0 Å². The Kier molecular flexibility index (Phi) is 68.9. The van der Waals surface area contributed by atoms with Crippen LogP contribution in [0.2, 0.25) is 0 Å². The fourth-order valence-corrected chi connectivity index (χ4v) is 12.4. The average molecular weight is 2030 g/mol. The minimum Gasteiger partial charge on any atom is -0.396 e. The molecule has 0 amide bonds. The molecule has 0 aromatic rings. The van der Waals surface area contributed by atoms with Crippen LogP contribution < -0.4 is 0 Å². The summed E-state index contributed by atoms with van der Waals surface area (Å²) in [5, 5.41) is 382. The quantitative estimate of drug-likeness (QED) is 0.0269. The van der Waals surface area contributed by atoms with Gasteiger partial charge < -0.3 is 260 Å². The zero-order valence-electron chi connectivity index (χ0n) is 79.2. The summed E-state index contributed by atoms with van der Waals surface area (Å²) < 4.78 is 103. The molecular formula is C85H172O52. The molecule has 0 aliphatic heterocycles. The molecule has 0 unspecified atom stereocenters. The molecule has 0 heterocycles. The number of aliphatic hydroxyl groups excluding tert-OH is 36. The van der Waals surface area contributed by atoms with Crippen molar-refractivity contribution in [2.45, 2.75) is 0 Å². The van der Waals surface area contributed by atoms with Crippen molar-refractivity contribution in [3.05, 3.63) is 0 Å². The molecule has 824 valence electrons. The summed E-state index contributed by atoms with van der Waals surface area (Å²) >= 11 is 0. The predicted octanol–water partition coefficient (Wildman–Crippen LogP) is -18.3. The third-order valence-corrected chi connectivity index (χ3v) is 25.1. The van der Waals surface area contributed by atoms with Gasteiger partial charge in [0.05, 0.1) is 541 Å². The Morgan fingerprint density at radius 3 is 0.139 bits per heavy atom. The topological polar surface area (TPSA) is 876 Å². The van der Waals surface area contributed by atoms with E-state index in [-0.39, 0.29) is 0 Å². The molecule has 0 spiro atoms. The van der Waals surface area contributed by atoms with Gasteiger partial charge in [0, 0.05) is 0 Å². The molecule has 0 aromatic heterocycles. The maximum Gasteiger partial charge on any atom is 0.0637 e. The van der Waals surface area contributed by atoms with Gasteiger partial charge in [-0.05, 0) is 0 Å². The van der Waals surface area contributed by atoms with Crippen LogP contribution in [0.5, 0.6) is 0 Å². The Hall–Kier alpha value is -2.08. The summed E-state index contributed by atoms with van der Waals surface area (Å²) in [6.45, 7) is -57.7. The molecule has 0 radical (unpaired) electrons. The second kappa shape index (κ2) is 69.9. The van der Waals surface area contributed by atoms with Gasteiger partial charge in [-0.15, -0.1) is 0 Å². The maximum absolute atomic E-state index is 10.6. The lowest BCUT2D eigenvalue weighted by Gasteiger charge is -2.42. The number of rotatable bonds is 100. The number of aliphatic hydroxyl groups is 36.